The number of nitrogens with one attached hydrogen (secondary N) is 2. The summed E-state index contributed by atoms with van der Waals surface area (Å²) in [5, 5.41) is 5.78. The van der Waals surface area contributed by atoms with Crippen molar-refractivity contribution in [1.29, 1.82) is 0 Å². The maximum Gasteiger partial charge on any atom is 0.387 e. The second-order valence-electron chi connectivity index (χ2n) is 4.79. The van der Waals surface area contributed by atoms with Gasteiger partial charge in [0.15, 0.2) is 0 Å². The fraction of sp³-hybridized carbons (Fsp3) is 0.500. The van der Waals surface area contributed by atoms with Gasteiger partial charge in [0.1, 0.15) is 11.8 Å². The minimum Gasteiger partial charge on any atom is -0.434 e. The maximum absolute atomic E-state index is 12.4. The van der Waals surface area contributed by atoms with Crippen molar-refractivity contribution in [2.24, 2.45) is 0 Å². The number of benzene rings is 1. The van der Waals surface area contributed by atoms with E-state index in [0.717, 1.165) is 6.54 Å². The third-order valence-electron chi connectivity index (χ3n) is 3.47. The topological polar surface area (TPSA) is 53.6 Å². The van der Waals surface area contributed by atoms with E-state index >= 15 is 0 Å². The Morgan fingerprint density at radius 3 is 3.00 bits per heavy atom. The molecule has 7 heteroatoms. The average Bonchev–Trinajstić information content (AvgIpc) is 2.48. The molecule has 0 spiro atoms. The molecule has 0 saturated carbocycles. The van der Waals surface area contributed by atoms with Crippen LogP contribution in [0.5, 0.6) is 5.75 Å². The molecule has 1 aromatic carbocycles. The summed E-state index contributed by atoms with van der Waals surface area (Å²) in [5.41, 5.74) is 0.647. The Morgan fingerprint density at radius 1 is 1.52 bits per heavy atom. The molecule has 1 fully saturated rings. The highest BCUT2D eigenvalue weighted by Crippen LogP contribution is 2.23. The van der Waals surface area contributed by atoms with Crippen molar-refractivity contribution >= 4 is 5.91 Å². The second kappa shape index (κ2) is 7.33. The number of piperazine rings is 1. The summed E-state index contributed by atoms with van der Waals surface area (Å²) in [6, 6.07) is 6.35. The monoisotopic (exact) mass is 299 g/mol. The van der Waals surface area contributed by atoms with E-state index in [9.17, 15) is 13.6 Å². The van der Waals surface area contributed by atoms with Crippen LogP contribution >= 0.6 is 0 Å². The molecule has 1 unspecified atom stereocenters. The molecule has 0 aliphatic carbocycles. The Labute approximate surface area is 122 Å². The molecule has 0 radical (unpaired) electrons. The van der Waals surface area contributed by atoms with Gasteiger partial charge in [-0.3, -0.25) is 9.69 Å². The number of carbonyl (C=O) groups excluding carboxylic acids is 1. The molecule has 1 atom stereocenters. The number of carbonyl (C=O) groups is 1. The zero-order valence-corrected chi connectivity index (χ0v) is 11.8. The zero-order chi connectivity index (χ0) is 15.2. The van der Waals surface area contributed by atoms with Crippen LogP contribution in [0.4, 0.5) is 8.78 Å². The van der Waals surface area contributed by atoms with Crippen molar-refractivity contribution in [2.75, 3.05) is 26.7 Å². The number of amides is 1. The molecule has 1 amide bonds. The van der Waals surface area contributed by atoms with E-state index in [1.165, 1.54) is 6.07 Å². The van der Waals surface area contributed by atoms with Crippen molar-refractivity contribution in [3.05, 3.63) is 29.8 Å². The number of hydrogen-bond acceptors (Lipinski definition) is 4. The fourth-order valence-electron chi connectivity index (χ4n) is 2.42. The normalized spacial score (nSPS) is 19.5. The van der Waals surface area contributed by atoms with Crippen LogP contribution in [0, 0.1) is 0 Å². The summed E-state index contributed by atoms with van der Waals surface area (Å²) in [4.78, 5) is 13.8. The molecule has 1 heterocycles. The van der Waals surface area contributed by atoms with E-state index < -0.39 is 6.61 Å². The molecule has 0 bridgehead atoms. The Bertz CT molecular complexity index is 485. The van der Waals surface area contributed by atoms with Crippen LogP contribution in [0.1, 0.15) is 5.56 Å². The smallest absolute Gasteiger partial charge is 0.387 e. The van der Waals surface area contributed by atoms with E-state index in [0.29, 0.717) is 25.2 Å². The zero-order valence-electron chi connectivity index (χ0n) is 11.8. The molecular weight excluding hydrogens is 280 g/mol. The summed E-state index contributed by atoms with van der Waals surface area (Å²) in [7, 11) is 1.59. The van der Waals surface area contributed by atoms with Crippen molar-refractivity contribution in [3.63, 3.8) is 0 Å². The van der Waals surface area contributed by atoms with Crippen LogP contribution in [0.25, 0.3) is 0 Å². The van der Waals surface area contributed by atoms with Crippen LogP contribution in [0.3, 0.4) is 0 Å². The van der Waals surface area contributed by atoms with Crippen LogP contribution in [-0.4, -0.2) is 50.1 Å². The molecule has 116 valence electrons. The Balaban J connectivity index is 2.13. The highest BCUT2D eigenvalue weighted by Gasteiger charge is 2.28. The molecule has 1 aromatic rings. The molecule has 1 saturated heterocycles. The number of ether oxygens (including phenoxy) is 1. The standard InChI is InChI=1S/C14H19F2N3O2/c1-17-13(20)11-8-18-6-7-19(11)9-10-4-2-3-5-12(10)21-14(15)16/h2-5,11,14,18H,6-9H2,1H3,(H,17,20). The van der Waals surface area contributed by atoms with E-state index in [-0.39, 0.29) is 17.7 Å². The van der Waals surface area contributed by atoms with Crippen molar-refractivity contribution in [1.82, 2.24) is 15.5 Å². The lowest BCUT2D eigenvalue weighted by Crippen LogP contribution is -2.56. The first kappa shape index (κ1) is 15.7. The summed E-state index contributed by atoms with van der Waals surface area (Å²) in [5.74, 6) is 0.0659. The predicted molar refractivity (Wildman–Crippen MR) is 74.2 cm³/mol. The maximum atomic E-state index is 12.4. The highest BCUT2D eigenvalue weighted by molar-refractivity contribution is 5.81. The Morgan fingerprint density at radius 2 is 2.29 bits per heavy atom. The van der Waals surface area contributed by atoms with Gasteiger partial charge < -0.3 is 15.4 Å². The number of para-hydroxylation sites is 1. The van der Waals surface area contributed by atoms with Crippen LogP contribution in [0.2, 0.25) is 0 Å². The van der Waals surface area contributed by atoms with Crippen LogP contribution in [-0.2, 0) is 11.3 Å². The first-order chi connectivity index (χ1) is 10.1. The summed E-state index contributed by atoms with van der Waals surface area (Å²) in [6.45, 7) is -0.504. The van der Waals surface area contributed by atoms with Gasteiger partial charge in [-0.05, 0) is 6.07 Å². The van der Waals surface area contributed by atoms with E-state index in [1.54, 1.807) is 25.2 Å². The van der Waals surface area contributed by atoms with Gasteiger partial charge in [-0.15, -0.1) is 0 Å². The lowest BCUT2D eigenvalue weighted by molar-refractivity contribution is -0.126. The molecule has 2 N–H and O–H groups in total. The second-order valence-corrected chi connectivity index (χ2v) is 4.79. The Hall–Kier alpha value is -1.73. The molecule has 21 heavy (non-hydrogen) atoms. The van der Waals surface area contributed by atoms with Crippen LogP contribution in [0.15, 0.2) is 24.3 Å². The fourth-order valence-corrected chi connectivity index (χ4v) is 2.42. The number of rotatable bonds is 5. The first-order valence-electron chi connectivity index (χ1n) is 6.81. The number of halogens is 2. The number of alkyl halides is 2. The molecule has 5 nitrogen and oxygen atoms in total. The highest BCUT2D eigenvalue weighted by atomic mass is 19.3. The van der Waals surface area contributed by atoms with Gasteiger partial charge in [-0.2, -0.15) is 8.78 Å². The van der Waals surface area contributed by atoms with E-state index in [1.807, 2.05) is 4.90 Å². The van der Waals surface area contributed by atoms with Crippen LogP contribution < -0.4 is 15.4 Å². The lowest BCUT2D eigenvalue weighted by Gasteiger charge is -2.35. The lowest BCUT2D eigenvalue weighted by atomic mass is 10.1. The van der Waals surface area contributed by atoms with E-state index in [2.05, 4.69) is 15.4 Å². The molecule has 0 aromatic heterocycles. The van der Waals surface area contributed by atoms with Gasteiger partial charge in [0.05, 0.1) is 0 Å². The minimum atomic E-state index is -2.86. The third kappa shape index (κ3) is 4.12. The van der Waals surface area contributed by atoms with Gasteiger partial charge in [0, 0.05) is 38.8 Å². The molecule has 2 rings (SSSR count). The molecular formula is C14H19F2N3O2. The molecule has 1 aliphatic heterocycles. The largest absolute Gasteiger partial charge is 0.434 e. The summed E-state index contributed by atoms with van der Waals surface area (Å²) in [6.07, 6.45) is 0. The van der Waals surface area contributed by atoms with Gasteiger partial charge in [-0.1, -0.05) is 18.2 Å². The third-order valence-corrected chi connectivity index (χ3v) is 3.47. The van der Waals surface area contributed by atoms with Gasteiger partial charge in [-0.25, -0.2) is 0 Å². The van der Waals surface area contributed by atoms with E-state index in [4.69, 9.17) is 0 Å². The quantitative estimate of drug-likeness (QED) is 0.845. The van der Waals surface area contributed by atoms with Crippen molar-refractivity contribution in [3.8, 4) is 5.75 Å². The van der Waals surface area contributed by atoms with Gasteiger partial charge in [0.25, 0.3) is 0 Å². The SMILES string of the molecule is CNC(=O)C1CNCCN1Cc1ccccc1OC(F)F. The minimum absolute atomic E-state index is 0.0885. The number of likely N-dealkylation sites (N-methyl/N-ethyl adjacent to an activating group) is 1. The summed E-state index contributed by atoms with van der Waals surface area (Å²) >= 11 is 0. The number of hydrogen-bond donors (Lipinski definition) is 2. The predicted octanol–water partition coefficient (Wildman–Crippen LogP) is 0.808. The average molecular weight is 299 g/mol. The number of nitrogens with zero attached hydrogens (tertiary/aromatic N) is 1. The first-order valence-corrected chi connectivity index (χ1v) is 6.81. The van der Waals surface area contributed by atoms with Gasteiger partial charge >= 0.3 is 6.61 Å². The van der Waals surface area contributed by atoms with Crippen molar-refractivity contribution in [2.45, 2.75) is 19.2 Å². The molecule has 1 aliphatic rings. The summed E-state index contributed by atoms with van der Waals surface area (Å²) < 4.78 is 29.4. The Kier molecular flexibility index (Phi) is 5.46. The van der Waals surface area contributed by atoms with Crippen molar-refractivity contribution < 1.29 is 18.3 Å². The van der Waals surface area contributed by atoms with Gasteiger partial charge in [0.2, 0.25) is 5.91 Å².